The first-order valence-corrected chi connectivity index (χ1v) is 17.8. The Labute approximate surface area is 319 Å². The maximum atomic E-state index is 12.9. The number of nitrogens with one attached hydrogen (secondary N) is 3. The van der Waals surface area contributed by atoms with E-state index >= 15 is 0 Å². The van der Waals surface area contributed by atoms with E-state index < -0.39 is 155 Å². The lowest BCUT2D eigenvalue weighted by Crippen LogP contribution is -2.59. The highest BCUT2D eigenvalue weighted by molar-refractivity contribution is 5.84. The number of amides is 3. The van der Waals surface area contributed by atoms with Gasteiger partial charge in [-0.1, -0.05) is 0 Å². The second-order valence-electron chi connectivity index (χ2n) is 13.5. The molecule has 56 heavy (non-hydrogen) atoms. The van der Waals surface area contributed by atoms with Gasteiger partial charge in [-0.25, -0.2) is 0 Å². The Morgan fingerprint density at radius 1 is 0.446 bits per heavy atom. The fourth-order valence-corrected chi connectivity index (χ4v) is 5.98. The standard InChI is InChI=1S/C31H55N3O22/c35-10-13-19(41)22(44)25(47)28(54-13)51-4-1-32-16(38)7-31(50,8-17(39)33-2-5-52-29-26(48)23(45)20(42)14(11-36)55-29)9-18(40)34-3-6-53-30-27(49)24(46)21(43)15(12-37)56-30/h13-15,19-30,35-37,41-50H,1-12H2,(H,32,38)(H,33,39)(H,34,40)/t13-,14-,15-,19-,20-,21-,22+,23+,24+,25+,26+,27+,28+,29+,30+/m1/s1. The maximum absolute atomic E-state index is 12.9. The van der Waals surface area contributed by atoms with E-state index in [0.717, 1.165) is 0 Å². The molecule has 0 spiro atoms. The van der Waals surface area contributed by atoms with Crippen molar-refractivity contribution in [2.75, 3.05) is 59.3 Å². The largest absolute Gasteiger partial charge is 0.394 e. The summed E-state index contributed by atoms with van der Waals surface area (Å²) in [5.74, 6) is -2.62. The summed E-state index contributed by atoms with van der Waals surface area (Å²) < 4.78 is 31.5. The average molecular weight is 822 g/mol. The van der Waals surface area contributed by atoms with E-state index in [1.807, 2.05) is 0 Å². The molecule has 15 atom stereocenters. The predicted molar refractivity (Wildman–Crippen MR) is 177 cm³/mol. The first kappa shape index (κ1) is 48.0. The fourth-order valence-electron chi connectivity index (χ4n) is 5.98. The molecule has 25 nitrogen and oxygen atoms in total. The van der Waals surface area contributed by atoms with Gasteiger partial charge >= 0.3 is 0 Å². The molecule has 0 aliphatic carbocycles. The van der Waals surface area contributed by atoms with Crippen LogP contribution >= 0.6 is 0 Å². The number of aliphatic hydroxyl groups is 13. The van der Waals surface area contributed by atoms with E-state index in [1.165, 1.54) is 0 Å². The monoisotopic (exact) mass is 821 g/mol. The van der Waals surface area contributed by atoms with Gasteiger partial charge in [-0.05, 0) is 0 Å². The molecule has 3 fully saturated rings. The van der Waals surface area contributed by atoms with Crippen LogP contribution in [0.15, 0.2) is 0 Å². The zero-order chi connectivity index (χ0) is 41.7. The fraction of sp³-hybridized carbons (Fsp3) is 0.903. The molecule has 3 saturated heterocycles. The first-order chi connectivity index (χ1) is 26.5. The molecule has 0 aromatic carbocycles. The van der Waals surface area contributed by atoms with Crippen molar-refractivity contribution in [3.8, 4) is 0 Å². The van der Waals surface area contributed by atoms with E-state index in [4.69, 9.17) is 28.4 Å². The van der Waals surface area contributed by atoms with Crippen molar-refractivity contribution in [2.45, 2.75) is 117 Å². The summed E-state index contributed by atoms with van der Waals surface area (Å²) in [6, 6.07) is 0. The molecule has 326 valence electrons. The highest BCUT2D eigenvalue weighted by Gasteiger charge is 2.46. The third kappa shape index (κ3) is 13.3. The number of carbonyl (C=O) groups excluding carboxylic acids is 3. The number of carbonyl (C=O) groups is 3. The molecule has 0 aromatic rings. The van der Waals surface area contributed by atoms with Gasteiger partial charge in [0, 0.05) is 19.6 Å². The normalized spacial score (nSPS) is 36.5. The van der Waals surface area contributed by atoms with Crippen molar-refractivity contribution in [3.63, 3.8) is 0 Å². The molecule has 0 radical (unpaired) electrons. The van der Waals surface area contributed by atoms with E-state index in [2.05, 4.69) is 16.0 Å². The lowest BCUT2D eigenvalue weighted by molar-refractivity contribution is -0.300. The lowest BCUT2D eigenvalue weighted by atomic mass is 9.90. The quantitative estimate of drug-likeness (QED) is 0.0478. The van der Waals surface area contributed by atoms with Gasteiger partial charge in [0.1, 0.15) is 73.2 Å². The van der Waals surface area contributed by atoms with E-state index in [-0.39, 0.29) is 39.5 Å². The minimum Gasteiger partial charge on any atom is -0.394 e. The van der Waals surface area contributed by atoms with Gasteiger partial charge < -0.3 is 111 Å². The molecule has 0 bridgehead atoms. The number of ether oxygens (including phenoxy) is 6. The number of aliphatic hydroxyl groups excluding tert-OH is 12. The third-order valence-corrected chi connectivity index (χ3v) is 9.13. The predicted octanol–water partition coefficient (Wildman–Crippen LogP) is -10.3. The Hall–Kier alpha value is -2.35. The Balaban J connectivity index is 1.53. The van der Waals surface area contributed by atoms with Gasteiger partial charge in [-0.15, -0.1) is 0 Å². The van der Waals surface area contributed by atoms with Gasteiger partial charge in [-0.3, -0.25) is 14.4 Å². The molecule has 3 heterocycles. The van der Waals surface area contributed by atoms with Crippen LogP contribution in [0.1, 0.15) is 19.3 Å². The molecule has 0 aromatic heterocycles. The molecule has 3 aliphatic heterocycles. The van der Waals surface area contributed by atoms with Crippen molar-refractivity contribution >= 4 is 17.7 Å². The van der Waals surface area contributed by atoms with E-state index in [1.54, 1.807) is 0 Å². The topological polar surface area (TPSA) is 406 Å². The van der Waals surface area contributed by atoms with Gasteiger partial charge in [-0.2, -0.15) is 0 Å². The van der Waals surface area contributed by atoms with Crippen LogP contribution in [-0.2, 0) is 42.8 Å². The molecule has 3 rings (SSSR count). The second-order valence-corrected chi connectivity index (χ2v) is 13.5. The molecule has 0 unspecified atom stereocenters. The van der Waals surface area contributed by atoms with E-state index in [9.17, 15) is 80.8 Å². The molecule has 25 heteroatoms. The van der Waals surface area contributed by atoms with Crippen molar-refractivity contribution in [1.82, 2.24) is 16.0 Å². The number of hydrogen-bond acceptors (Lipinski definition) is 22. The summed E-state index contributed by atoms with van der Waals surface area (Å²) in [5.41, 5.74) is -2.33. The highest BCUT2D eigenvalue weighted by atomic mass is 16.7. The van der Waals surface area contributed by atoms with Crippen LogP contribution in [0.5, 0.6) is 0 Å². The molecule has 0 saturated carbocycles. The minimum atomic E-state index is -2.33. The van der Waals surface area contributed by atoms with Crippen molar-refractivity contribution in [1.29, 1.82) is 0 Å². The summed E-state index contributed by atoms with van der Waals surface area (Å²) in [6.45, 7) is -3.91. The van der Waals surface area contributed by atoms with Crippen molar-refractivity contribution < 1.29 is 109 Å². The molecular formula is C31H55N3O22. The Kier molecular flexibility index (Phi) is 19.5. The molecule has 3 amide bonds. The summed E-state index contributed by atoms with van der Waals surface area (Å²) in [4.78, 5) is 38.6. The van der Waals surface area contributed by atoms with Crippen LogP contribution in [0.4, 0.5) is 0 Å². The van der Waals surface area contributed by atoms with Crippen molar-refractivity contribution in [3.05, 3.63) is 0 Å². The summed E-state index contributed by atoms with van der Waals surface area (Å²) in [5, 5.41) is 136. The smallest absolute Gasteiger partial charge is 0.223 e. The molecule has 3 aliphatic rings. The van der Waals surface area contributed by atoms with Crippen LogP contribution < -0.4 is 16.0 Å². The zero-order valence-electron chi connectivity index (χ0n) is 30.1. The Bertz CT molecular complexity index is 1080. The molecular weight excluding hydrogens is 766 g/mol. The first-order valence-electron chi connectivity index (χ1n) is 17.8. The number of rotatable bonds is 21. The van der Waals surface area contributed by atoms with Gasteiger partial charge in [0.15, 0.2) is 18.9 Å². The Morgan fingerprint density at radius 3 is 0.929 bits per heavy atom. The van der Waals surface area contributed by atoms with Crippen LogP contribution in [0.2, 0.25) is 0 Å². The van der Waals surface area contributed by atoms with Gasteiger partial charge in [0.2, 0.25) is 17.7 Å². The molecule has 16 N–H and O–H groups in total. The lowest BCUT2D eigenvalue weighted by Gasteiger charge is -2.39. The van der Waals surface area contributed by atoms with Crippen LogP contribution in [0, 0.1) is 0 Å². The zero-order valence-corrected chi connectivity index (χ0v) is 30.1. The SMILES string of the molecule is O=C(CC(O)(CC(=O)NCCO[C@H]1O[C@H](CO)[C@@H](O)[C@H](O)[C@@H]1O)CC(=O)NCCO[C@H]1O[C@H](CO)[C@@H](O)[C@H](O)[C@@H]1O)NCCO[C@H]1O[C@H](CO)[C@@H](O)[C@H](O)[C@@H]1O. The van der Waals surface area contributed by atoms with Crippen LogP contribution in [-0.4, -0.2) is 241 Å². The van der Waals surface area contributed by atoms with Gasteiger partial charge in [0.05, 0.1) is 64.5 Å². The highest BCUT2D eigenvalue weighted by Crippen LogP contribution is 2.25. The number of hydrogen-bond donors (Lipinski definition) is 16. The van der Waals surface area contributed by atoms with E-state index in [0.29, 0.717) is 0 Å². The third-order valence-electron chi connectivity index (χ3n) is 9.13. The Morgan fingerprint density at radius 2 is 0.696 bits per heavy atom. The van der Waals surface area contributed by atoms with Crippen LogP contribution in [0.25, 0.3) is 0 Å². The van der Waals surface area contributed by atoms with Crippen molar-refractivity contribution in [2.24, 2.45) is 0 Å². The average Bonchev–Trinajstić information content (AvgIpc) is 3.16. The maximum Gasteiger partial charge on any atom is 0.223 e. The summed E-state index contributed by atoms with van der Waals surface area (Å²) in [7, 11) is 0. The van der Waals surface area contributed by atoms with Crippen LogP contribution in [0.3, 0.4) is 0 Å². The minimum absolute atomic E-state index is 0.271. The summed E-state index contributed by atoms with van der Waals surface area (Å²) >= 11 is 0. The second kappa shape index (κ2) is 22.7. The van der Waals surface area contributed by atoms with Gasteiger partial charge in [0.25, 0.3) is 0 Å². The summed E-state index contributed by atoms with van der Waals surface area (Å²) in [6.07, 6.45) is -25.7.